The van der Waals surface area contributed by atoms with Crippen LogP contribution in [0.3, 0.4) is 0 Å². The molecule has 0 aromatic rings. The molecule has 0 saturated carbocycles. The van der Waals surface area contributed by atoms with Gasteiger partial charge in [-0.05, 0) is 0 Å². The summed E-state index contributed by atoms with van der Waals surface area (Å²) in [6, 6.07) is 0. The standard InChI is InChI=1S/C7H19O3PS/c1-4-9-11(3,10-5-2)12-7-6-8/h8,11H,4-7H2,1-3H3. The molecule has 0 rings (SSSR count). The Morgan fingerprint density at radius 2 is 1.75 bits per heavy atom. The summed E-state index contributed by atoms with van der Waals surface area (Å²) in [5, 5.41) is 8.66. The van der Waals surface area contributed by atoms with Crippen molar-refractivity contribution in [3.8, 4) is 0 Å². The third-order valence-corrected chi connectivity index (χ3v) is 6.70. The SMILES string of the molecule is CCO[PH](C)(OCC)SCCO. The first-order valence-electron chi connectivity index (χ1n) is 4.21. The molecule has 0 bridgehead atoms. The van der Waals surface area contributed by atoms with Gasteiger partial charge in [0.2, 0.25) is 0 Å². The van der Waals surface area contributed by atoms with E-state index in [0.717, 1.165) is 0 Å². The number of aliphatic hydroxyl groups excluding tert-OH is 1. The molecule has 0 heterocycles. The van der Waals surface area contributed by atoms with Crippen LogP contribution < -0.4 is 0 Å². The molecule has 5 heteroatoms. The summed E-state index contributed by atoms with van der Waals surface area (Å²) < 4.78 is 11.1. The molecule has 0 atom stereocenters. The van der Waals surface area contributed by atoms with Crippen LogP contribution in [0.2, 0.25) is 0 Å². The van der Waals surface area contributed by atoms with Gasteiger partial charge in [-0.15, -0.1) is 0 Å². The van der Waals surface area contributed by atoms with Gasteiger partial charge in [0.25, 0.3) is 0 Å². The molecule has 1 N–H and O–H groups in total. The topological polar surface area (TPSA) is 38.7 Å². The summed E-state index contributed by atoms with van der Waals surface area (Å²) >= 11 is 1.62. The van der Waals surface area contributed by atoms with E-state index in [1.807, 2.05) is 20.5 Å². The van der Waals surface area contributed by atoms with Gasteiger partial charge in [0, 0.05) is 0 Å². The van der Waals surface area contributed by atoms with E-state index in [2.05, 4.69) is 0 Å². The van der Waals surface area contributed by atoms with E-state index in [1.165, 1.54) is 0 Å². The van der Waals surface area contributed by atoms with Crippen molar-refractivity contribution in [3.05, 3.63) is 0 Å². The molecular formula is C7H19O3PS. The fourth-order valence-electron chi connectivity index (χ4n) is 0.880. The Morgan fingerprint density at radius 1 is 1.25 bits per heavy atom. The van der Waals surface area contributed by atoms with Gasteiger partial charge >= 0.3 is 78.5 Å². The second kappa shape index (κ2) is 7.10. The molecule has 0 spiro atoms. The van der Waals surface area contributed by atoms with E-state index in [9.17, 15) is 0 Å². The fraction of sp³-hybridized carbons (Fsp3) is 1.00. The molecule has 76 valence electrons. The van der Waals surface area contributed by atoms with Gasteiger partial charge in [0.1, 0.15) is 0 Å². The van der Waals surface area contributed by atoms with Crippen LogP contribution in [0.15, 0.2) is 0 Å². The Morgan fingerprint density at radius 3 is 2.08 bits per heavy atom. The van der Waals surface area contributed by atoms with Crippen molar-refractivity contribution in [2.45, 2.75) is 13.8 Å². The zero-order chi connectivity index (χ0) is 9.45. The van der Waals surface area contributed by atoms with E-state index in [4.69, 9.17) is 14.2 Å². The van der Waals surface area contributed by atoms with Gasteiger partial charge in [0.05, 0.1) is 0 Å². The molecular weight excluding hydrogens is 195 g/mol. The van der Waals surface area contributed by atoms with Crippen LogP contribution in [0, 0.1) is 0 Å². The van der Waals surface area contributed by atoms with Crippen LogP contribution in [0.5, 0.6) is 0 Å². The Balaban J connectivity index is 3.80. The summed E-state index contributed by atoms with van der Waals surface area (Å²) in [6.45, 7) is 5.48. The number of hydrogen-bond acceptors (Lipinski definition) is 4. The first-order valence-corrected chi connectivity index (χ1v) is 8.24. The summed E-state index contributed by atoms with van der Waals surface area (Å²) in [5.74, 6) is 0.697. The quantitative estimate of drug-likeness (QED) is 0.657. The maximum absolute atomic E-state index is 8.66. The third kappa shape index (κ3) is 5.33. The fourth-order valence-corrected chi connectivity index (χ4v) is 5.23. The molecule has 0 saturated heterocycles. The van der Waals surface area contributed by atoms with Crippen LogP contribution in [-0.4, -0.2) is 37.3 Å². The molecule has 0 aromatic carbocycles. The van der Waals surface area contributed by atoms with E-state index in [0.29, 0.717) is 19.0 Å². The van der Waals surface area contributed by atoms with Crippen LogP contribution >= 0.6 is 18.3 Å². The van der Waals surface area contributed by atoms with Crippen LogP contribution in [0.1, 0.15) is 13.8 Å². The Kier molecular flexibility index (Phi) is 7.49. The average Bonchev–Trinajstić information content (AvgIpc) is 2.02. The Hall–Kier alpha value is 0.660. The number of hydrogen-bond donors (Lipinski definition) is 1. The number of rotatable bonds is 7. The predicted molar refractivity (Wildman–Crippen MR) is 57.0 cm³/mol. The van der Waals surface area contributed by atoms with Gasteiger partial charge < -0.3 is 0 Å². The molecule has 0 aliphatic carbocycles. The third-order valence-electron chi connectivity index (χ3n) is 1.27. The van der Waals surface area contributed by atoms with Crippen molar-refractivity contribution in [1.82, 2.24) is 0 Å². The second-order valence-electron chi connectivity index (χ2n) is 2.30. The summed E-state index contributed by atoms with van der Waals surface area (Å²) in [7, 11) is 0. The van der Waals surface area contributed by atoms with Crippen molar-refractivity contribution < 1.29 is 14.2 Å². The van der Waals surface area contributed by atoms with Crippen molar-refractivity contribution >= 4 is 18.3 Å². The molecule has 0 aliphatic rings. The molecule has 12 heavy (non-hydrogen) atoms. The van der Waals surface area contributed by atoms with Gasteiger partial charge in [-0.2, -0.15) is 0 Å². The minimum atomic E-state index is -2.01. The summed E-state index contributed by atoms with van der Waals surface area (Å²) in [4.78, 5) is 0. The minimum absolute atomic E-state index is 0.188. The monoisotopic (exact) mass is 214 g/mol. The van der Waals surface area contributed by atoms with Crippen LogP contribution in [0.4, 0.5) is 0 Å². The molecule has 0 radical (unpaired) electrons. The predicted octanol–water partition coefficient (Wildman–Crippen LogP) is 1.91. The van der Waals surface area contributed by atoms with Gasteiger partial charge in [-0.25, -0.2) is 0 Å². The number of aliphatic hydroxyl groups is 1. The van der Waals surface area contributed by atoms with Crippen molar-refractivity contribution in [1.29, 1.82) is 0 Å². The van der Waals surface area contributed by atoms with E-state index in [1.54, 1.807) is 11.4 Å². The zero-order valence-corrected chi connectivity index (χ0v) is 9.82. The molecule has 0 fully saturated rings. The van der Waals surface area contributed by atoms with Gasteiger partial charge in [-0.1, -0.05) is 0 Å². The first kappa shape index (κ1) is 12.7. The van der Waals surface area contributed by atoms with E-state index in [-0.39, 0.29) is 6.61 Å². The molecule has 0 amide bonds. The second-order valence-corrected chi connectivity index (χ2v) is 8.39. The average molecular weight is 214 g/mol. The van der Waals surface area contributed by atoms with Crippen LogP contribution in [0.25, 0.3) is 0 Å². The summed E-state index contributed by atoms with van der Waals surface area (Å²) in [5.41, 5.74) is 0. The molecule has 0 aromatic heterocycles. The van der Waals surface area contributed by atoms with Crippen molar-refractivity contribution in [3.63, 3.8) is 0 Å². The first-order chi connectivity index (χ1) is 5.68. The summed E-state index contributed by atoms with van der Waals surface area (Å²) in [6.07, 6.45) is 0. The van der Waals surface area contributed by atoms with Crippen molar-refractivity contribution in [2.24, 2.45) is 0 Å². The molecule has 0 aliphatic heterocycles. The van der Waals surface area contributed by atoms with E-state index >= 15 is 0 Å². The van der Waals surface area contributed by atoms with Crippen molar-refractivity contribution in [2.75, 3.05) is 32.2 Å². The van der Waals surface area contributed by atoms with Gasteiger partial charge in [-0.3, -0.25) is 0 Å². The Labute approximate surface area is 79.1 Å². The maximum atomic E-state index is 8.66. The molecule has 0 unspecified atom stereocenters. The van der Waals surface area contributed by atoms with Gasteiger partial charge in [0.15, 0.2) is 0 Å². The van der Waals surface area contributed by atoms with E-state index < -0.39 is 6.92 Å². The Bertz CT molecular complexity index is 107. The normalized spacial score (nSPS) is 13.3. The van der Waals surface area contributed by atoms with Crippen LogP contribution in [-0.2, 0) is 9.05 Å². The zero-order valence-electron chi connectivity index (χ0n) is 8.00. The molecule has 3 nitrogen and oxygen atoms in total.